The molecule has 0 radical (unpaired) electrons. The van der Waals surface area contributed by atoms with Crippen molar-refractivity contribution in [2.24, 2.45) is 0 Å². The molecule has 0 aromatic heterocycles. The van der Waals surface area contributed by atoms with E-state index in [0.29, 0.717) is 5.75 Å². The van der Waals surface area contributed by atoms with Crippen molar-refractivity contribution in [3.05, 3.63) is 42.1 Å². The number of ketones is 1. The van der Waals surface area contributed by atoms with Crippen LogP contribution in [0.25, 0.3) is 0 Å². The van der Waals surface area contributed by atoms with Crippen LogP contribution in [-0.2, 0) is 40.2 Å². The number of aliphatic hydroxyl groups excluding tert-OH is 1. The Balaban J connectivity index is 1.77. The van der Waals surface area contributed by atoms with E-state index in [0.717, 1.165) is 10.5 Å². The van der Waals surface area contributed by atoms with Gasteiger partial charge in [0.05, 0.1) is 19.1 Å². The van der Waals surface area contributed by atoms with Crippen LogP contribution < -0.4 is 9.61 Å². The minimum atomic E-state index is -3.43. The first kappa shape index (κ1) is 29.4. The number of aliphatic hydroxyl groups is 2. The molecule has 3 rings (SSSR count). The van der Waals surface area contributed by atoms with E-state index in [9.17, 15) is 24.6 Å². The third kappa shape index (κ3) is 7.23. The largest absolute Gasteiger partial charge is 0.462 e. The Morgan fingerprint density at radius 3 is 2.54 bits per heavy atom. The lowest BCUT2D eigenvalue weighted by Gasteiger charge is -2.34. The maximum atomic E-state index is 12.4. The smallest absolute Gasteiger partial charge is 0.323 e. The maximum Gasteiger partial charge on any atom is 0.323 e. The number of hydrogen-bond donors (Lipinski definition) is 3. The van der Waals surface area contributed by atoms with Gasteiger partial charge in [0.15, 0.2) is 12.0 Å². The summed E-state index contributed by atoms with van der Waals surface area (Å²) in [5.41, 5.74) is -0.876. The molecule has 204 valence electrons. The van der Waals surface area contributed by atoms with Crippen molar-refractivity contribution in [1.82, 2.24) is 9.99 Å². The number of hydrogen-bond acceptors (Lipinski definition) is 10. The number of amides is 1. The summed E-state index contributed by atoms with van der Waals surface area (Å²) in [5.74, 6) is -1.09. The Bertz CT molecular complexity index is 1090. The van der Waals surface area contributed by atoms with Gasteiger partial charge in [-0.15, -0.1) is 0 Å². The average molecular weight is 557 g/mol. The molecule has 0 aliphatic carbocycles. The number of carbonyl (C=O) groups is 3. The van der Waals surface area contributed by atoms with Gasteiger partial charge in [0.2, 0.25) is 5.91 Å². The van der Waals surface area contributed by atoms with Crippen LogP contribution in [0.4, 0.5) is 0 Å². The highest BCUT2D eigenvalue weighted by Gasteiger charge is 2.55. The predicted octanol–water partition coefficient (Wildman–Crippen LogP) is 1.70. The third-order valence-corrected chi connectivity index (χ3v) is 8.25. The highest BCUT2D eigenvalue weighted by atomic mass is 32.5. The Labute approximate surface area is 220 Å². The molecule has 1 aromatic carbocycles. The number of carbonyl (C=O) groups excluding carboxylic acids is 3. The van der Waals surface area contributed by atoms with Crippen LogP contribution in [0.1, 0.15) is 39.7 Å². The summed E-state index contributed by atoms with van der Waals surface area (Å²) in [5, 5.41) is 24.7. The summed E-state index contributed by atoms with van der Waals surface area (Å²) in [6, 6.07) is 6.18. The second-order valence-electron chi connectivity index (χ2n) is 9.49. The van der Waals surface area contributed by atoms with E-state index in [1.807, 2.05) is 19.1 Å². The molecule has 2 aliphatic heterocycles. The zero-order chi connectivity index (χ0) is 27.5. The molecule has 6 atom stereocenters. The zero-order valence-corrected chi connectivity index (χ0v) is 23.0. The Hall–Kier alpha value is -2.18. The number of allylic oxidation sites excluding steroid dienone is 1. The number of nitrogens with zero attached hydrogens (tertiary/aromatic N) is 1. The summed E-state index contributed by atoms with van der Waals surface area (Å²) < 4.78 is 23.0. The van der Waals surface area contributed by atoms with Crippen molar-refractivity contribution in [1.29, 1.82) is 0 Å². The van der Waals surface area contributed by atoms with Crippen molar-refractivity contribution >= 4 is 36.1 Å². The minimum Gasteiger partial charge on any atom is -0.462 e. The summed E-state index contributed by atoms with van der Waals surface area (Å²) in [4.78, 5) is 37.4. The fourth-order valence-corrected chi connectivity index (χ4v) is 6.17. The Kier molecular flexibility index (Phi) is 9.28. The molecule has 1 amide bonds. The van der Waals surface area contributed by atoms with Crippen LogP contribution in [-0.4, -0.2) is 75.6 Å². The number of rotatable bonds is 10. The molecule has 2 aliphatic rings. The SMILES string of the molecule is Cc1ccc(OP(=S)(N[C@@H](C)C(=O)OC(C)C)OC[C@H]2O[C@@H](N3C=CC(=O)CC3=O)[C@](C)(O)[C@@H]2O)cc1. The molecule has 1 aromatic rings. The Morgan fingerprint density at radius 1 is 1.30 bits per heavy atom. The van der Waals surface area contributed by atoms with E-state index in [1.54, 1.807) is 32.9 Å². The molecule has 13 heteroatoms. The van der Waals surface area contributed by atoms with E-state index in [2.05, 4.69) is 5.09 Å². The molecule has 11 nitrogen and oxygen atoms in total. The summed E-state index contributed by atoms with van der Waals surface area (Å²) in [6.07, 6.45) is -2.13. The summed E-state index contributed by atoms with van der Waals surface area (Å²) in [7, 11) is 0. The lowest BCUT2D eigenvalue weighted by atomic mass is 9.95. The van der Waals surface area contributed by atoms with Crippen LogP contribution in [0, 0.1) is 6.92 Å². The average Bonchev–Trinajstić information content (AvgIpc) is 3.02. The van der Waals surface area contributed by atoms with E-state index in [-0.39, 0.29) is 24.9 Å². The topological polar surface area (TPSA) is 144 Å². The normalized spacial score (nSPS) is 28.3. The van der Waals surface area contributed by atoms with Crippen LogP contribution >= 0.6 is 6.64 Å². The zero-order valence-electron chi connectivity index (χ0n) is 21.3. The molecule has 3 N–H and O–H groups in total. The summed E-state index contributed by atoms with van der Waals surface area (Å²) in [6.45, 7) is 4.47. The molecule has 2 heterocycles. The first-order valence-corrected chi connectivity index (χ1v) is 14.4. The van der Waals surface area contributed by atoms with Crippen LogP contribution in [0.3, 0.4) is 0 Å². The van der Waals surface area contributed by atoms with Gasteiger partial charge < -0.3 is 28.7 Å². The molecule has 1 fully saturated rings. The third-order valence-electron chi connectivity index (χ3n) is 5.75. The first-order valence-electron chi connectivity index (χ1n) is 11.8. The van der Waals surface area contributed by atoms with E-state index >= 15 is 0 Å². The Morgan fingerprint density at radius 2 is 1.95 bits per heavy atom. The highest BCUT2D eigenvalue weighted by Crippen LogP contribution is 2.46. The van der Waals surface area contributed by atoms with Gasteiger partial charge in [-0.3, -0.25) is 19.3 Å². The van der Waals surface area contributed by atoms with Crippen molar-refractivity contribution < 1.29 is 43.1 Å². The molecular weight excluding hydrogens is 523 g/mol. The molecular formula is C24H33N2O9PS. The van der Waals surface area contributed by atoms with Crippen LogP contribution in [0.5, 0.6) is 5.75 Å². The lowest BCUT2D eigenvalue weighted by Crippen LogP contribution is -2.54. The van der Waals surface area contributed by atoms with Gasteiger partial charge in [0, 0.05) is 6.20 Å². The van der Waals surface area contributed by atoms with Gasteiger partial charge >= 0.3 is 12.6 Å². The maximum absolute atomic E-state index is 12.4. The lowest BCUT2D eigenvalue weighted by molar-refractivity contribution is -0.158. The minimum absolute atomic E-state index is 0.333. The molecule has 0 bridgehead atoms. The fourth-order valence-electron chi connectivity index (χ4n) is 3.76. The van der Waals surface area contributed by atoms with E-state index in [1.165, 1.54) is 19.2 Å². The van der Waals surface area contributed by atoms with E-state index < -0.39 is 48.6 Å². The highest BCUT2D eigenvalue weighted by molar-refractivity contribution is 8.09. The van der Waals surface area contributed by atoms with Crippen LogP contribution in [0.15, 0.2) is 36.5 Å². The summed E-state index contributed by atoms with van der Waals surface area (Å²) >= 11 is 5.68. The molecule has 1 saturated heterocycles. The number of nitrogens with one attached hydrogen (secondary N) is 1. The second-order valence-corrected chi connectivity index (χ2v) is 12.6. The molecule has 0 saturated carbocycles. The standard InChI is InChI=1S/C24H33N2O9PS/c1-14(2)33-22(30)16(4)25-36(37,35-18-8-6-15(3)7-9-18)32-13-19-21(29)24(5,31)23(34-19)26-11-10-17(27)12-20(26)28/h6-11,14,16,19,21,23,29,31H,12-13H2,1-5H3,(H,25,37)/t16-,19+,21+,23+,24+,36?/m0/s1. The molecule has 1 unspecified atom stereocenters. The van der Waals surface area contributed by atoms with Crippen molar-refractivity contribution in [3.63, 3.8) is 0 Å². The van der Waals surface area contributed by atoms with Gasteiger partial charge in [-0.25, -0.2) is 5.09 Å². The number of ether oxygens (including phenoxy) is 2. The molecule has 37 heavy (non-hydrogen) atoms. The van der Waals surface area contributed by atoms with Gasteiger partial charge in [0.25, 0.3) is 0 Å². The predicted molar refractivity (Wildman–Crippen MR) is 137 cm³/mol. The van der Waals surface area contributed by atoms with Gasteiger partial charge in [-0.1, -0.05) is 17.7 Å². The van der Waals surface area contributed by atoms with Crippen molar-refractivity contribution in [3.8, 4) is 5.75 Å². The fraction of sp³-hybridized carbons (Fsp3) is 0.542. The van der Waals surface area contributed by atoms with Gasteiger partial charge in [0.1, 0.15) is 29.6 Å². The van der Waals surface area contributed by atoms with E-state index in [4.69, 9.17) is 30.3 Å². The number of aryl methyl sites for hydroxylation is 1. The second kappa shape index (κ2) is 11.7. The van der Waals surface area contributed by atoms with Crippen LogP contribution in [0.2, 0.25) is 0 Å². The van der Waals surface area contributed by atoms with Gasteiger partial charge in [-0.2, -0.15) is 0 Å². The quantitative estimate of drug-likeness (QED) is 0.220. The molecule has 0 spiro atoms. The monoisotopic (exact) mass is 556 g/mol. The van der Waals surface area contributed by atoms with Crippen molar-refractivity contribution in [2.75, 3.05) is 6.61 Å². The number of esters is 1. The van der Waals surface area contributed by atoms with Gasteiger partial charge in [-0.05, 0) is 64.6 Å². The van der Waals surface area contributed by atoms with Crippen molar-refractivity contribution in [2.45, 2.75) is 77.2 Å². The number of benzene rings is 1. The first-order chi connectivity index (χ1) is 17.2.